The van der Waals surface area contributed by atoms with Crippen molar-refractivity contribution in [1.82, 2.24) is 0 Å². The molecule has 3 N–H and O–H groups in total. The molecule has 76 valence electrons. The van der Waals surface area contributed by atoms with Crippen molar-refractivity contribution in [1.29, 1.82) is 0 Å². The van der Waals surface area contributed by atoms with Gasteiger partial charge in [-0.3, -0.25) is 0 Å². The topological polar surface area (TPSA) is 58.6 Å². The minimum absolute atomic E-state index is 0.0299. The molecule has 3 nitrogen and oxygen atoms in total. The molecule has 1 aromatic carbocycles. The van der Waals surface area contributed by atoms with E-state index in [0.29, 0.717) is 0 Å². The van der Waals surface area contributed by atoms with Crippen LogP contribution in [0.4, 0.5) is 13.2 Å². The molecule has 0 saturated carbocycles. The summed E-state index contributed by atoms with van der Waals surface area (Å²) in [5.41, 5.74) is 4.34. The first kappa shape index (κ1) is 10.4. The van der Waals surface area contributed by atoms with E-state index in [0.717, 1.165) is 12.1 Å². The van der Waals surface area contributed by atoms with Gasteiger partial charge in [0.1, 0.15) is 0 Å². The maximum absolute atomic E-state index is 12.2. The molecule has 0 bridgehead atoms. The lowest BCUT2D eigenvalue weighted by Crippen LogP contribution is -2.14. The van der Waals surface area contributed by atoms with Crippen LogP contribution in [0, 0.1) is 0 Å². The van der Waals surface area contributed by atoms with E-state index in [4.69, 9.17) is 10.9 Å². The Hall–Kier alpha value is -1.72. The van der Waals surface area contributed by atoms with Gasteiger partial charge in [-0.2, -0.15) is 13.2 Å². The van der Waals surface area contributed by atoms with Crippen LogP contribution in [-0.4, -0.2) is 11.0 Å². The van der Waals surface area contributed by atoms with E-state index < -0.39 is 11.7 Å². The molecule has 0 aliphatic rings. The summed E-state index contributed by atoms with van der Waals surface area (Å²) in [5.74, 6) is -0.351. The summed E-state index contributed by atoms with van der Waals surface area (Å²) in [5, 5.41) is 10.9. The Labute approximate surface area is 77.6 Å². The van der Waals surface area contributed by atoms with Gasteiger partial charge in [-0.05, 0) is 12.1 Å². The molecule has 6 heteroatoms. The van der Waals surface area contributed by atoms with E-state index in [9.17, 15) is 13.2 Å². The number of halogens is 3. The average Bonchev–Trinajstić information content (AvgIpc) is 2.15. The molecule has 0 saturated heterocycles. The molecule has 0 unspecified atom stereocenters. The van der Waals surface area contributed by atoms with E-state index in [1.807, 2.05) is 0 Å². The second kappa shape index (κ2) is 3.57. The van der Waals surface area contributed by atoms with Gasteiger partial charge >= 0.3 is 6.18 Å². The van der Waals surface area contributed by atoms with Crippen molar-refractivity contribution >= 4 is 5.84 Å². The molecule has 1 aromatic rings. The summed E-state index contributed by atoms with van der Waals surface area (Å²) in [7, 11) is 0. The van der Waals surface area contributed by atoms with Crippen LogP contribution in [0.1, 0.15) is 11.1 Å². The molecule has 0 spiro atoms. The first-order valence-electron chi connectivity index (χ1n) is 3.60. The van der Waals surface area contributed by atoms with E-state index >= 15 is 0 Å². The second-order valence-electron chi connectivity index (χ2n) is 2.56. The van der Waals surface area contributed by atoms with Gasteiger partial charge in [0.15, 0.2) is 5.84 Å². The molecule has 0 radical (unpaired) electrons. The van der Waals surface area contributed by atoms with Crippen LogP contribution in [0.5, 0.6) is 0 Å². The highest BCUT2D eigenvalue weighted by Crippen LogP contribution is 2.29. The molecule has 0 aliphatic carbocycles. The number of benzene rings is 1. The molecule has 1 rings (SSSR count). The van der Waals surface area contributed by atoms with Crippen molar-refractivity contribution in [2.24, 2.45) is 10.9 Å². The summed E-state index contributed by atoms with van der Waals surface area (Å²) in [6.07, 6.45) is -4.42. The fourth-order valence-corrected chi connectivity index (χ4v) is 0.913. The zero-order chi connectivity index (χ0) is 10.8. The third-order valence-electron chi connectivity index (χ3n) is 1.59. The van der Waals surface area contributed by atoms with Gasteiger partial charge in [0.2, 0.25) is 0 Å². The fourth-order valence-electron chi connectivity index (χ4n) is 0.913. The van der Waals surface area contributed by atoms with Crippen LogP contribution in [0.2, 0.25) is 0 Å². The summed E-state index contributed by atoms with van der Waals surface area (Å²) < 4.78 is 36.6. The van der Waals surface area contributed by atoms with Crippen molar-refractivity contribution in [2.75, 3.05) is 0 Å². The van der Waals surface area contributed by atoms with E-state index in [2.05, 4.69) is 5.16 Å². The van der Waals surface area contributed by atoms with Crippen molar-refractivity contribution in [2.45, 2.75) is 6.18 Å². The van der Waals surface area contributed by atoms with Crippen LogP contribution < -0.4 is 5.73 Å². The predicted octanol–water partition coefficient (Wildman–Crippen LogP) is 1.80. The standard InChI is InChI=1S/C8H7F3N2O/c9-8(10,11)6-3-1-2-5(4-6)7(12)13-14/h1-4,14H,(H2,12,13). The van der Waals surface area contributed by atoms with Gasteiger partial charge in [0.25, 0.3) is 0 Å². The minimum atomic E-state index is -4.42. The van der Waals surface area contributed by atoms with Gasteiger partial charge in [0.05, 0.1) is 5.56 Å². The Balaban J connectivity index is 3.14. The highest BCUT2D eigenvalue weighted by atomic mass is 19.4. The quantitative estimate of drug-likeness (QED) is 0.317. The third-order valence-corrected chi connectivity index (χ3v) is 1.59. The Morgan fingerprint density at radius 3 is 2.50 bits per heavy atom. The summed E-state index contributed by atoms with van der Waals surface area (Å²) >= 11 is 0. The highest BCUT2D eigenvalue weighted by Gasteiger charge is 2.30. The smallest absolute Gasteiger partial charge is 0.409 e. The number of hydrogen-bond acceptors (Lipinski definition) is 2. The number of nitrogens with zero attached hydrogens (tertiary/aromatic N) is 1. The SMILES string of the molecule is N/C(=N\O)c1cccc(C(F)(F)F)c1. The number of oxime groups is 1. The Kier molecular flexibility index (Phi) is 2.64. The van der Waals surface area contributed by atoms with Crippen molar-refractivity contribution < 1.29 is 18.4 Å². The summed E-state index contributed by atoms with van der Waals surface area (Å²) in [4.78, 5) is 0. The van der Waals surface area contributed by atoms with Crippen LogP contribution in [0.15, 0.2) is 29.4 Å². The van der Waals surface area contributed by atoms with Gasteiger partial charge in [0, 0.05) is 5.56 Å². The largest absolute Gasteiger partial charge is 0.416 e. The molecule has 0 heterocycles. The van der Waals surface area contributed by atoms with Crippen LogP contribution in [-0.2, 0) is 6.18 Å². The predicted molar refractivity (Wildman–Crippen MR) is 44.0 cm³/mol. The van der Waals surface area contributed by atoms with Crippen LogP contribution in [0.3, 0.4) is 0 Å². The number of nitrogens with two attached hydrogens (primary N) is 1. The van der Waals surface area contributed by atoms with Crippen molar-refractivity contribution in [3.63, 3.8) is 0 Å². The number of rotatable bonds is 1. The molecular formula is C8H7F3N2O. The van der Waals surface area contributed by atoms with E-state index in [1.54, 1.807) is 0 Å². The number of amidine groups is 1. The van der Waals surface area contributed by atoms with Gasteiger partial charge in [-0.25, -0.2) is 0 Å². The first-order chi connectivity index (χ1) is 6.45. The monoisotopic (exact) mass is 204 g/mol. The highest BCUT2D eigenvalue weighted by molar-refractivity contribution is 5.97. The second-order valence-corrected chi connectivity index (χ2v) is 2.56. The van der Waals surface area contributed by atoms with Crippen molar-refractivity contribution in [3.05, 3.63) is 35.4 Å². The van der Waals surface area contributed by atoms with Crippen molar-refractivity contribution in [3.8, 4) is 0 Å². The Morgan fingerprint density at radius 2 is 2.00 bits per heavy atom. The van der Waals surface area contributed by atoms with Gasteiger partial charge in [-0.1, -0.05) is 17.3 Å². The first-order valence-corrected chi connectivity index (χ1v) is 3.60. The zero-order valence-electron chi connectivity index (χ0n) is 6.92. The molecule has 0 amide bonds. The molecule has 0 atom stereocenters. The number of hydrogen-bond donors (Lipinski definition) is 2. The maximum atomic E-state index is 12.2. The molecule has 14 heavy (non-hydrogen) atoms. The number of alkyl halides is 3. The zero-order valence-corrected chi connectivity index (χ0v) is 6.92. The van der Waals surface area contributed by atoms with Gasteiger partial charge in [-0.15, -0.1) is 0 Å². The third kappa shape index (κ3) is 2.15. The normalized spacial score (nSPS) is 12.9. The molecule has 0 aliphatic heterocycles. The molecule has 0 fully saturated rings. The van der Waals surface area contributed by atoms with Gasteiger partial charge < -0.3 is 10.9 Å². The Bertz CT molecular complexity index is 360. The minimum Gasteiger partial charge on any atom is -0.409 e. The van der Waals surface area contributed by atoms with Crippen LogP contribution >= 0.6 is 0 Å². The van der Waals surface area contributed by atoms with E-state index in [1.165, 1.54) is 12.1 Å². The lowest BCUT2D eigenvalue weighted by Gasteiger charge is -2.07. The van der Waals surface area contributed by atoms with E-state index in [-0.39, 0.29) is 11.4 Å². The molecule has 0 aromatic heterocycles. The molecular weight excluding hydrogens is 197 g/mol. The average molecular weight is 204 g/mol. The lowest BCUT2D eigenvalue weighted by molar-refractivity contribution is -0.137. The fraction of sp³-hybridized carbons (Fsp3) is 0.125. The summed E-state index contributed by atoms with van der Waals surface area (Å²) in [6.45, 7) is 0. The lowest BCUT2D eigenvalue weighted by atomic mass is 10.1. The maximum Gasteiger partial charge on any atom is 0.416 e. The van der Waals surface area contributed by atoms with Crippen LogP contribution in [0.25, 0.3) is 0 Å². The summed E-state index contributed by atoms with van der Waals surface area (Å²) in [6, 6.07) is 4.24. The Morgan fingerprint density at radius 1 is 1.36 bits per heavy atom.